The molecule has 0 heterocycles. The van der Waals surface area contributed by atoms with Gasteiger partial charge in [0.1, 0.15) is 0 Å². The van der Waals surface area contributed by atoms with Gasteiger partial charge >= 0.3 is 0 Å². The summed E-state index contributed by atoms with van der Waals surface area (Å²) in [5.74, 6) is 0. The van der Waals surface area contributed by atoms with Gasteiger partial charge < -0.3 is 5.32 Å². The Morgan fingerprint density at radius 2 is 1.71 bits per heavy atom. The van der Waals surface area contributed by atoms with Crippen molar-refractivity contribution in [3.63, 3.8) is 0 Å². The van der Waals surface area contributed by atoms with Crippen LogP contribution in [0.25, 0.3) is 0 Å². The first-order valence-corrected chi connectivity index (χ1v) is 7.87. The minimum atomic E-state index is 0.161. The van der Waals surface area contributed by atoms with Crippen LogP contribution in [0.2, 0.25) is 0 Å². The van der Waals surface area contributed by atoms with Gasteiger partial charge in [0.2, 0.25) is 0 Å². The number of nitrogens with one attached hydrogen (secondary N) is 1. The van der Waals surface area contributed by atoms with E-state index in [4.69, 9.17) is 0 Å². The normalized spacial score (nSPS) is 13.9. The van der Waals surface area contributed by atoms with E-state index in [0.29, 0.717) is 0 Å². The van der Waals surface area contributed by atoms with Crippen molar-refractivity contribution in [2.75, 3.05) is 13.6 Å². The molecule has 1 unspecified atom stereocenters. The summed E-state index contributed by atoms with van der Waals surface area (Å²) in [6, 6.07) is 17.7. The largest absolute Gasteiger partial charge is 0.319 e. The second kappa shape index (κ2) is 6.91. The van der Waals surface area contributed by atoms with Crippen molar-refractivity contribution in [2.24, 2.45) is 0 Å². The second-order valence-electron chi connectivity index (χ2n) is 6.14. The van der Waals surface area contributed by atoms with Crippen molar-refractivity contribution < 1.29 is 0 Å². The molecule has 0 spiro atoms. The minimum Gasteiger partial charge on any atom is -0.319 e. The molecule has 0 aromatic heterocycles. The lowest BCUT2D eigenvalue weighted by molar-refractivity contribution is 0.390. The van der Waals surface area contributed by atoms with Crippen molar-refractivity contribution in [1.29, 1.82) is 0 Å². The monoisotopic (exact) mass is 281 g/mol. The Kier molecular flexibility index (Phi) is 5.19. The third-order valence-electron chi connectivity index (χ3n) is 4.61. The summed E-state index contributed by atoms with van der Waals surface area (Å²) >= 11 is 0. The van der Waals surface area contributed by atoms with Crippen LogP contribution in [0.15, 0.2) is 48.5 Å². The molecule has 0 saturated heterocycles. The highest BCUT2D eigenvalue weighted by molar-refractivity contribution is 5.36. The molecule has 0 aliphatic rings. The fourth-order valence-electron chi connectivity index (χ4n) is 3.21. The van der Waals surface area contributed by atoms with Gasteiger partial charge in [0.25, 0.3) is 0 Å². The fraction of sp³-hybridized carbons (Fsp3) is 0.400. The van der Waals surface area contributed by atoms with Crippen LogP contribution in [0.1, 0.15) is 35.6 Å². The molecule has 0 amide bonds. The Hall–Kier alpha value is -1.60. The Morgan fingerprint density at radius 1 is 1.00 bits per heavy atom. The first kappa shape index (κ1) is 15.8. The van der Waals surface area contributed by atoms with E-state index in [2.05, 4.69) is 81.7 Å². The van der Waals surface area contributed by atoms with E-state index < -0.39 is 0 Å². The number of rotatable bonds is 6. The van der Waals surface area contributed by atoms with Gasteiger partial charge in [-0.1, -0.05) is 61.0 Å². The average molecular weight is 281 g/mol. The van der Waals surface area contributed by atoms with E-state index in [1.54, 1.807) is 0 Å². The maximum atomic E-state index is 3.41. The summed E-state index contributed by atoms with van der Waals surface area (Å²) in [7, 11) is 2.05. The van der Waals surface area contributed by atoms with Crippen molar-refractivity contribution in [3.8, 4) is 0 Å². The molecule has 0 bridgehead atoms. The van der Waals surface area contributed by atoms with Crippen LogP contribution >= 0.6 is 0 Å². The zero-order valence-corrected chi connectivity index (χ0v) is 13.7. The Labute approximate surface area is 129 Å². The molecular weight excluding hydrogens is 254 g/mol. The summed E-state index contributed by atoms with van der Waals surface area (Å²) in [5, 5.41) is 3.41. The van der Waals surface area contributed by atoms with Crippen LogP contribution in [0.5, 0.6) is 0 Å². The summed E-state index contributed by atoms with van der Waals surface area (Å²) < 4.78 is 0. The molecule has 0 fully saturated rings. The standard InChI is InChI=1S/C20H27N/c1-5-20(15-21-4,19-9-7-6-8-10-19)14-18-13-16(2)11-12-17(18)3/h6-13,21H,5,14-15H2,1-4H3. The minimum absolute atomic E-state index is 0.161. The third kappa shape index (κ3) is 3.54. The molecule has 0 radical (unpaired) electrons. The molecule has 1 nitrogen and oxygen atoms in total. The van der Waals surface area contributed by atoms with Crippen LogP contribution in [-0.2, 0) is 11.8 Å². The summed E-state index contributed by atoms with van der Waals surface area (Å²) in [5.41, 5.74) is 5.80. The number of benzene rings is 2. The lowest BCUT2D eigenvalue weighted by Gasteiger charge is -2.34. The molecular formula is C20H27N. The highest BCUT2D eigenvalue weighted by Crippen LogP contribution is 2.32. The molecule has 0 aliphatic carbocycles. The third-order valence-corrected chi connectivity index (χ3v) is 4.61. The SMILES string of the molecule is CCC(CNC)(Cc1cc(C)ccc1C)c1ccccc1. The fourth-order valence-corrected chi connectivity index (χ4v) is 3.21. The maximum Gasteiger partial charge on any atom is 0.0115 e. The van der Waals surface area contributed by atoms with E-state index in [-0.39, 0.29) is 5.41 Å². The summed E-state index contributed by atoms with van der Waals surface area (Å²) in [4.78, 5) is 0. The Balaban J connectivity index is 2.43. The average Bonchev–Trinajstić information content (AvgIpc) is 2.51. The molecule has 21 heavy (non-hydrogen) atoms. The molecule has 1 heteroatoms. The summed E-state index contributed by atoms with van der Waals surface area (Å²) in [6.07, 6.45) is 2.22. The van der Waals surface area contributed by atoms with Crippen molar-refractivity contribution in [1.82, 2.24) is 5.32 Å². The molecule has 1 atom stereocenters. The van der Waals surface area contributed by atoms with E-state index in [9.17, 15) is 0 Å². The smallest absolute Gasteiger partial charge is 0.0115 e. The van der Waals surface area contributed by atoms with E-state index in [1.165, 1.54) is 22.3 Å². The topological polar surface area (TPSA) is 12.0 Å². The highest BCUT2D eigenvalue weighted by atomic mass is 14.8. The molecule has 0 aliphatic heterocycles. The first-order chi connectivity index (χ1) is 10.1. The lowest BCUT2D eigenvalue weighted by Crippen LogP contribution is -2.38. The van der Waals surface area contributed by atoms with Crippen molar-refractivity contribution >= 4 is 0 Å². The van der Waals surface area contributed by atoms with Gasteiger partial charge in [0.05, 0.1) is 0 Å². The van der Waals surface area contributed by atoms with E-state index in [1.807, 2.05) is 0 Å². The Morgan fingerprint density at radius 3 is 2.33 bits per heavy atom. The molecule has 2 rings (SSSR count). The van der Waals surface area contributed by atoms with E-state index in [0.717, 1.165) is 19.4 Å². The molecule has 0 saturated carbocycles. The van der Waals surface area contributed by atoms with Crippen LogP contribution < -0.4 is 5.32 Å². The van der Waals surface area contributed by atoms with Gasteiger partial charge in [-0.15, -0.1) is 0 Å². The van der Waals surface area contributed by atoms with Crippen LogP contribution in [-0.4, -0.2) is 13.6 Å². The van der Waals surface area contributed by atoms with Gasteiger partial charge in [-0.3, -0.25) is 0 Å². The van der Waals surface area contributed by atoms with Crippen LogP contribution in [0.4, 0.5) is 0 Å². The van der Waals surface area contributed by atoms with Gasteiger partial charge in [-0.2, -0.15) is 0 Å². The lowest BCUT2D eigenvalue weighted by atomic mass is 9.72. The highest BCUT2D eigenvalue weighted by Gasteiger charge is 2.30. The predicted molar refractivity (Wildman–Crippen MR) is 92.0 cm³/mol. The molecule has 2 aromatic carbocycles. The van der Waals surface area contributed by atoms with E-state index >= 15 is 0 Å². The quantitative estimate of drug-likeness (QED) is 0.827. The van der Waals surface area contributed by atoms with Crippen molar-refractivity contribution in [3.05, 3.63) is 70.8 Å². The van der Waals surface area contributed by atoms with Gasteiger partial charge in [0.15, 0.2) is 0 Å². The number of hydrogen-bond acceptors (Lipinski definition) is 1. The maximum absolute atomic E-state index is 3.41. The van der Waals surface area contributed by atoms with Gasteiger partial charge in [-0.25, -0.2) is 0 Å². The molecule has 1 N–H and O–H groups in total. The zero-order valence-electron chi connectivity index (χ0n) is 13.7. The zero-order chi connectivity index (χ0) is 15.3. The van der Waals surface area contributed by atoms with Crippen LogP contribution in [0.3, 0.4) is 0 Å². The predicted octanol–water partition coefficient (Wildman–Crippen LogP) is 4.41. The number of aryl methyl sites for hydroxylation is 2. The van der Waals surface area contributed by atoms with Crippen LogP contribution in [0, 0.1) is 13.8 Å². The summed E-state index contributed by atoms with van der Waals surface area (Å²) in [6.45, 7) is 7.70. The Bertz CT molecular complexity index is 574. The molecule has 2 aromatic rings. The van der Waals surface area contributed by atoms with Gasteiger partial charge in [-0.05, 0) is 50.4 Å². The van der Waals surface area contributed by atoms with Gasteiger partial charge in [0, 0.05) is 12.0 Å². The number of likely N-dealkylation sites (N-methyl/N-ethyl adjacent to an activating group) is 1. The number of hydrogen-bond donors (Lipinski definition) is 1. The van der Waals surface area contributed by atoms with Crippen molar-refractivity contribution in [2.45, 2.75) is 39.0 Å². The first-order valence-electron chi connectivity index (χ1n) is 7.87. The molecule has 112 valence electrons. The second-order valence-corrected chi connectivity index (χ2v) is 6.14.